The molecule has 0 atom stereocenters. The van der Waals surface area contributed by atoms with Crippen molar-refractivity contribution < 1.29 is 9.53 Å². The fourth-order valence-corrected chi connectivity index (χ4v) is 3.16. The van der Waals surface area contributed by atoms with Crippen molar-refractivity contribution >= 4 is 32.7 Å². The van der Waals surface area contributed by atoms with Crippen molar-refractivity contribution in [1.82, 2.24) is 0 Å². The molecule has 1 fully saturated rings. The molecule has 0 spiro atoms. The van der Waals surface area contributed by atoms with E-state index in [4.69, 9.17) is 4.74 Å². The molecule has 0 saturated heterocycles. The third-order valence-electron chi connectivity index (χ3n) is 3.71. The second kappa shape index (κ2) is 5.33. The molecule has 0 amide bonds. The van der Waals surface area contributed by atoms with Crippen LogP contribution < -0.4 is 4.74 Å². The molecule has 3 rings (SSSR count). The summed E-state index contributed by atoms with van der Waals surface area (Å²) in [7, 11) is 0. The number of esters is 1. The molecule has 19 heavy (non-hydrogen) atoms. The number of fused-ring (bicyclic) bond motifs is 1. The van der Waals surface area contributed by atoms with Crippen LogP contribution in [0.2, 0.25) is 0 Å². The quantitative estimate of drug-likeness (QED) is 0.592. The van der Waals surface area contributed by atoms with E-state index in [0.29, 0.717) is 5.75 Å². The Morgan fingerprint density at radius 3 is 2.74 bits per heavy atom. The normalized spacial score (nSPS) is 15.8. The van der Waals surface area contributed by atoms with Crippen LogP contribution in [0.4, 0.5) is 0 Å². The highest BCUT2D eigenvalue weighted by Gasteiger charge is 2.24. The van der Waals surface area contributed by atoms with Gasteiger partial charge in [-0.15, -0.1) is 0 Å². The highest BCUT2D eigenvalue weighted by atomic mass is 79.9. The number of hydrogen-bond acceptors (Lipinski definition) is 2. The van der Waals surface area contributed by atoms with Crippen molar-refractivity contribution in [1.29, 1.82) is 0 Å². The summed E-state index contributed by atoms with van der Waals surface area (Å²) in [5, 5.41) is 2.20. The van der Waals surface area contributed by atoms with Gasteiger partial charge in [0, 0.05) is 4.47 Å². The average molecular weight is 319 g/mol. The van der Waals surface area contributed by atoms with Crippen LogP contribution in [-0.2, 0) is 4.79 Å². The maximum atomic E-state index is 12.0. The maximum absolute atomic E-state index is 12.0. The molecule has 1 aliphatic rings. The van der Waals surface area contributed by atoms with Crippen LogP contribution in [0, 0.1) is 5.92 Å². The SMILES string of the molecule is O=C(Oc1ccc2c(Br)cccc2c1)C1CCCC1. The van der Waals surface area contributed by atoms with E-state index in [1.807, 2.05) is 36.4 Å². The molecule has 0 heterocycles. The minimum absolute atomic E-state index is 0.0770. The number of hydrogen-bond donors (Lipinski definition) is 0. The summed E-state index contributed by atoms with van der Waals surface area (Å²) in [5.74, 6) is 0.660. The van der Waals surface area contributed by atoms with Crippen molar-refractivity contribution in [2.24, 2.45) is 5.92 Å². The van der Waals surface area contributed by atoms with E-state index in [0.717, 1.165) is 40.9 Å². The Morgan fingerprint density at radius 2 is 1.95 bits per heavy atom. The van der Waals surface area contributed by atoms with E-state index in [1.54, 1.807) is 0 Å². The Balaban J connectivity index is 1.83. The predicted octanol–water partition coefficient (Wildman–Crippen LogP) is 4.70. The Kier molecular flexibility index (Phi) is 3.56. The highest BCUT2D eigenvalue weighted by molar-refractivity contribution is 9.10. The number of halogens is 1. The smallest absolute Gasteiger partial charge is 0.314 e. The van der Waals surface area contributed by atoms with Crippen LogP contribution in [0.1, 0.15) is 25.7 Å². The summed E-state index contributed by atoms with van der Waals surface area (Å²) in [6, 6.07) is 11.8. The van der Waals surface area contributed by atoms with Gasteiger partial charge in [-0.3, -0.25) is 4.79 Å². The van der Waals surface area contributed by atoms with E-state index in [9.17, 15) is 4.79 Å². The van der Waals surface area contributed by atoms with Crippen molar-refractivity contribution in [3.63, 3.8) is 0 Å². The second-order valence-corrected chi connectivity index (χ2v) is 5.88. The molecule has 0 bridgehead atoms. The van der Waals surface area contributed by atoms with Crippen LogP contribution in [0.15, 0.2) is 40.9 Å². The van der Waals surface area contributed by atoms with E-state index in [1.165, 1.54) is 0 Å². The molecule has 98 valence electrons. The van der Waals surface area contributed by atoms with Gasteiger partial charge in [0.05, 0.1) is 5.92 Å². The van der Waals surface area contributed by atoms with Crippen LogP contribution in [-0.4, -0.2) is 5.97 Å². The maximum Gasteiger partial charge on any atom is 0.314 e. The zero-order valence-corrected chi connectivity index (χ0v) is 12.2. The lowest BCUT2D eigenvalue weighted by atomic mass is 10.1. The molecule has 0 aromatic heterocycles. The fourth-order valence-electron chi connectivity index (χ4n) is 2.65. The monoisotopic (exact) mass is 318 g/mol. The summed E-state index contributed by atoms with van der Waals surface area (Å²) in [6.07, 6.45) is 4.23. The molecular weight excluding hydrogens is 304 g/mol. The zero-order chi connectivity index (χ0) is 13.2. The number of carbonyl (C=O) groups is 1. The lowest BCUT2D eigenvalue weighted by molar-refractivity contribution is -0.138. The average Bonchev–Trinajstić information content (AvgIpc) is 2.93. The first-order chi connectivity index (χ1) is 9.24. The Morgan fingerprint density at radius 1 is 1.16 bits per heavy atom. The third kappa shape index (κ3) is 2.66. The highest BCUT2D eigenvalue weighted by Crippen LogP contribution is 2.29. The lowest BCUT2D eigenvalue weighted by Gasteiger charge is -2.10. The topological polar surface area (TPSA) is 26.3 Å². The molecular formula is C16H15BrO2. The molecule has 0 N–H and O–H groups in total. The van der Waals surface area contributed by atoms with Gasteiger partial charge in [0.2, 0.25) is 0 Å². The van der Waals surface area contributed by atoms with E-state index >= 15 is 0 Å². The largest absolute Gasteiger partial charge is 0.426 e. The number of rotatable bonds is 2. The molecule has 3 heteroatoms. The first-order valence-electron chi connectivity index (χ1n) is 6.64. The van der Waals surface area contributed by atoms with E-state index in [-0.39, 0.29) is 11.9 Å². The number of carbonyl (C=O) groups excluding carboxylic acids is 1. The van der Waals surface area contributed by atoms with Crippen LogP contribution in [0.5, 0.6) is 5.75 Å². The number of ether oxygens (including phenoxy) is 1. The van der Waals surface area contributed by atoms with Crippen molar-refractivity contribution in [3.05, 3.63) is 40.9 Å². The molecule has 1 aliphatic carbocycles. The first kappa shape index (κ1) is 12.7. The summed E-state index contributed by atoms with van der Waals surface area (Å²) < 4.78 is 6.55. The third-order valence-corrected chi connectivity index (χ3v) is 4.40. The molecule has 0 aliphatic heterocycles. The number of benzene rings is 2. The summed E-state index contributed by atoms with van der Waals surface area (Å²) in [6.45, 7) is 0. The first-order valence-corrected chi connectivity index (χ1v) is 7.43. The van der Waals surface area contributed by atoms with Gasteiger partial charge in [-0.05, 0) is 47.9 Å². The fraction of sp³-hybridized carbons (Fsp3) is 0.312. The summed E-state index contributed by atoms with van der Waals surface area (Å²) >= 11 is 3.52. The van der Waals surface area contributed by atoms with E-state index in [2.05, 4.69) is 15.9 Å². The van der Waals surface area contributed by atoms with Crippen molar-refractivity contribution in [2.75, 3.05) is 0 Å². The van der Waals surface area contributed by atoms with Gasteiger partial charge in [0.1, 0.15) is 5.75 Å². The minimum atomic E-state index is -0.0770. The predicted molar refractivity (Wildman–Crippen MR) is 79.2 cm³/mol. The second-order valence-electron chi connectivity index (χ2n) is 5.03. The van der Waals surface area contributed by atoms with Crippen LogP contribution in [0.25, 0.3) is 10.8 Å². The van der Waals surface area contributed by atoms with Gasteiger partial charge >= 0.3 is 5.97 Å². The molecule has 0 unspecified atom stereocenters. The molecule has 2 aromatic rings. The van der Waals surface area contributed by atoms with Crippen molar-refractivity contribution in [3.8, 4) is 5.75 Å². The summed E-state index contributed by atoms with van der Waals surface area (Å²) in [4.78, 5) is 12.0. The molecule has 0 radical (unpaired) electrons. The van der Waals surface area contributed by atoms with Crippen LogP contribution in [0.3, 0.4) is 0 Å². The molecule has 2 aromatic carbocycles. The van der Waals surface area contributed by atoms with Gasteiger partial charge in [0.15, 0.2) is 0 Å². The zero-order valence-electron chi connectivity index (χ0n) is 10.6. The van der Waals surface area contributed by atoms with E-state index < -0.39 is 0 Å². The Bertz CT molecular complexity index is 615. The van der Waals surface area contributed by atoms with Crippen molar-refractivity contribution in [2.45, 2.75) is 25.7 Å². The van der Waals surface area contributed by atoms with Gasteiger partial charge < -0.3 is 4.74 Å². The molecule has 1 saturated carbocycles. The Hall–Kier alpha value is -1.35. The van der Waals surface area contributed by atoms with Crippen LogP contribution >= 0.6 is 15.9 Å². The van der Waals surface area contributed by atoms with Gasteiger partial charge in [-0.2, -0.15) is 0 Å². The minimum Gasteiger partial charge on any atom is -0.426 e. The molecule has 2 nitrogen and oxygen atoms in total. The summed E-state index contributed by atoms with van der Waals surface area (Å²) in [5.41, 5.74) is 0. The lowest BCUT2D eigenvalue weighted by Crippen LogP contribution is -2.17. The Labute approximate surface area is 120 Å². The van der Waals surface area contributed by atoms with Gasteiger partial charge in [0.25, 0.3) is 0 Å². The van der Waals surface area contributed by atoms with Gasteiger partial charge in [-0.25, -0.2) is 0 Å². The standard InChI is InChI=1S/C16H15BrO2/c17-15-7-3-6-12-10-13(8-9-14(12)15)19-16(18)11-4-1-2-5-11/h3,6-11H,1-2,4-5H2. The van der Waals surface area contributed by atoms with Gasteiger partial charge in [-0.1, -0.05) is 40.9 Å².